The molecule has 1 N–H and O–H groups in total. The minimum atomic E-state index is 1.18. The Morgan fingerprint density at radius 1 is 0.322 bits per heavy atom. The van der Waals surface area contributed by atoms with Crippen LogP contribution in [-0.4, -0.2) is 4.98 Å². The molecule has 1 nitrogen and oxygen atoms in total. The Morgan fingerprint density at radius 2 is 0.695 bits per heavy atom. The zero-order chi connectivity index (χ0) is 38.6. The molecule has 0 fully saturated rings. The zero-order valence-electron chi connectivity index (χ0n) is 32.8. The van der Waals surface area contributed by atoms with Gasteiger partial charge in [0.1, 0.15) is 0 Å². The quantitative estimate of drug-likeness (QED) is 0.183. The number of H-pyrrole nitrogens is 1. The van der Waals surface area contributed by atoms with Crippen LogP contribution in [0.1, 0.15) is 47.9 Å². The van der Waals surface area contributed by atoms with Crippen LogP contribution in [0.3, 0.4) is 0 Å². The molecule has 2 aliphatic carbocycles. The number of aromatic amines is 1. The van der Waals surface area contributed by atoms with Crippen molar-refractivity contribution in [1.82, 2.24) is 4.98 Å². The van der Waals surface area contributed by atoms with Gasteiger partial charge in [0.25, 0.3) is 0 Å². The first-order valence-corrected chi connectivity index (χ1v) is 23.1. The van der Waals surface area contributed by atoms with Crippen molar-refractivity contribution in [3.63, 3.8) is 0 Å². The first kappa shape index (κ1) is 33.9. The minimum absolute atomic E-state index is 1.18. The lowest BCUT2D eigenvalue weighted by Crippen LogP contribution is -2.04. The highest BCUT2D eigenvalue weighted by Gasteiger charge is 2.21. The SMILES string of the molecule is c1cc2c(c(-c3cccc4c3sc3c(-c5ccc6[nH]c7ccc(-c8cccc9c8sc8c(-c%10cccc%11c%10CCCC%11)cccc89)cc7c6c5)cccc34)c1)CCCC2. The predicted octanol–water partition coefficient (Wildman–Crippen LogP) is 16.5. The van der Waals surface area contributed by atoms with Gasteiger partial charge in [0.05, 0.1) is 0 Å². The normalized spacial score (nSPS) is 14.2. The van der Waals surface area contributed by atoms with Gasteiger partial charge < -0.3 is 4.98 Å². The lowest BCUT2D eigenvalue weighted by Gasteiger charge is -2.19. The molecule has 0 radical (unpaired) electrons. The summed E-state index contributed by atoms with van der Waals surface area (Å²) in [5, 5.41) is 7.97. The van der Waals surface area contributed by atoms with E-state index in [1.54, 1.807) is 22.3 Å². The van der Waals surface area contributed by atoms with E-state index in [0.717, 1.165) is 0 Å². The van der Waals surface area contributed by atoms with Crippen molar-refractivity contribution >= 4 is 84.8 Å². The molecule has 282 valence electrons. The molecule has 3 aromatic heterocycles. The molecule has 0 atom stereocenters. The maximum absolute atomic E-state index is 3.76. The molecular weight excluding hydrogens is 751 g/mol. The van der Waals surface area contributed by atoms with Crippen LogP contribution in [0.2, 0.25) is 0 Å². The molecule has 0 saturated heterocycles. The van der Waals surface area contributed by atoms with Gasteiger partial charge >= 0.3 is 0 Å². The van der Waals surface area contributed by atoms with E-state index in [2.05, 4.69) is 151 Å². The second-order valence-corrected chi connectivity index (χ2v) is 18.9. The van der Waals surface area contributed by atoms with E-state index in [-0.39, 0.29) is 0 Å². The number of benzene rings is 8. The summed E-state index contributed by atoms with van der Waals surface area (Å²) in [7, 11) is 0. The van der Waals surface area contributed by atoms with Gasteiger partial charge in [-0.15, -0.1) is 22.7 Å². The summed E-state index contributed by atoms with van der Waals surface area (Å²) in [6.45, 7) is 0. The number of aromatic nitrogens is 1. The maximum atomic E-state index is 3.76. The Labute approximate surface area is 351 Å². The van der Waals surface area contributed by atoms with Crippen LogP contribution in [0.4, 0.5) is 0 Å². The number of thiophene rings is 2. The van der Waals surface area contributed by atoms with Crippen LogP contribution in [0, 0.1) is 0 Å². The molecule has 11 aromatic rings. The Kier molecular flexibility index (Phi) is 7.62. The van der Waals surface area contributed by atoms with Crippen LogP contribution >= 0.6 is 22.7 Å². The number of rotatable bonds is 4. The lowest BCUT2D eigenvalue weighted by atomic mass is 9.85. The van der Waals surface area contributed by atoms with Gasteiger partial charge in [-0.3, -0.25) is 0 Å². The van der Waals surface area contributed by atoms with Gasteiger partial charge in [-0.25, -0.2) is 0 Å². The molecular formula is C56H41NS2. The van der Waals surface area contributed by atoms with Gasteiger partial charge in [0, 0.05) is 62.2 Å². The smallest absolute Gasteiger partial charge is 0.0465 e. The summed E-state index contributed by atoms with van der Waals surface area (Å²) in [5.41, 5.74) is 19.3. The van der Waals surface area contributed by atoms with Crippen molar-refractivity contribution in [3.8, 4) is 44.5 Å². The molecule has 13 rings (SSSR count). The Hall–Kier alpha value is -6.00. The number of fused-ring (bicyclic) bond motifs is 11. The van der Waals surface area contributed by atoms with E-state index < -0.39 is 0 Å². The van der Waals surface area contributed by atoms with Crippen molar-refractivity contribution in [1.29, 1.82) is 0 Å². The second kappa shape index (κ2) is 13.3. The van der Waals surface area contributed by atoms with E-state index in [1.807, 2.05) is 22.7 Å². The summed E-state index contributed by atoms with van der Waals surface area (Å²) in [5.74, 6) is 0. The van der Waals surface area contributed by atoms with E-state index in [9.17, 15) is 0 Å². The van der Waals surface area contributed by atoms with Gasteiger partial charge in [0.15, 0.2) is 0 Å². The van der Waals surface area contributed by atoms with Crippen LogP contribution in [0.15, 0.2) is 146 Å². The number of aryl methyl sites for hydroxylation is 2. The molecule has 2 aliphatic rings. The van der Waals surface area contributed by atoms with Gasteiger partial charge in [-0.1, -0.05) is 121 Å². The van der Waals surface area contributed by atoms with Gasteiger partial charge in [0.2, 0.25) is 0 Å². The summed E-state index contributed by atoms with van der Waals surface area (Å²) >= 11 is 3.94. The van der Waals surface area contributed by atoms with Crippen molar-refractivity contribution in [2.75, 3.05) is 0 Å². The number of hydrogen-bond donors (Lipinski definition) is 1. The Balaban J connectivity index is 0.944. The highest BCUT2D eigenvalue weighted by atomic mass is 32.1. The lowest BCUT2D eigenvalue weighted by molar-refractivity contribution is 0.687. The monoisotopic (exact) mass is 791 g/mol. The molecule has 59 heavy (non-hydrogen) atoms. The van der Waals surface area contributed by atoms with Gasteiger partial charge in [-0.05, 0) is 142 Å². The first-order valence-electron chi connectivity index (χ1n) is 21.4. The van der Waals surface area contributed by atoms with E-state index in [0.29, 0.717) is 0 Å². The van der Waals surface area contributed by atoms with Crippen LogP contribution in [0.25, 0.3) is 107 Å². The van der Waals surface area contributed by atoms with Crippen molar-refractivity contribution in [2.45, 2.75) is 51.4 Å². The largest absolute Gasteiger partial charge is 0.355 e. The Morgan fingerprint density at radius 3 is 1.15 bits per heavy atom. The van der Waals surface area contributed by atoms with E-state index in [1.165, 1.54) is 158 Å². The highest BCUT2D eigenvalue weighted by Crippen LogP contribution is 2.48. The number of nitrogens with one attached hydrogen (secondary N) is 1. The summed E-state index contributed by atoms with van der Waals surface area (Å²) in [4.78, 5) is 3.76. The molecule has 3 heteroatoms. The molecule has 0 amide bonds. The minimum Gasteiger partial charge on any atom is -0.355 e. The van der Waals surface area contributed by atoms with Crippen molar-refractivity contribution < 1.29 is 0 Å². The molecule has 0 spiro atoms. The maximum Gasteiger partial charge on any atom is 0.0465 e. The third-order valence-electron chi connectivity index (χ3n) is 13.6. The predicted molar refractivity (Wildman–Crippen MR) is 257 cm³/mol. The molecule has 3 heterocycles. The summed E-state index contributed by atoms with van der Waals surface area (Å²) in [6, 6.07) is 55.7. The summed E-state index contributed by atoms with van der Waals surface area (Å²) in [6.07, 6.45) is 9.93. The van der Waals surface area contributed by atoms with Crippen molar-refractivity contribution in [3.05, 3.63) is 168 Å². The first-order chi connectivity index (χ1) is 29.2. The fraction of sp³-hybridized carbons (Fsp3) is 0.143. The second-order valence-electron chi connectivity index (χ2n) is 16.9. The molecule has 0 aliphatic heterocycles. The zero-order valence-corrected chi connectivity index (χ0v) is 34.5. The third-order valence-corrected chi connectivity index (χ3v) is 16.2. The standard InChI is InChI=1S/C56H41NS2/c1-3-15-37-33(11-1)13-5-19-41(37)43-21-9-25-47-45-23-7-17-39(53(45)58-55(43)47)35-27-29-51-49(31-35)50-32-36(28-30-52(50)57-51)40-18-8-24-46-48-26-10-22-44(56(48)59-54(40)46)42-20-6-14-34-12-2-4-16-38(34)42/h5-10,13-14,17-32,57H,1-4,11-12,15-16H2. The topological polar surface area (TPSA) is 15.8 Å². The third kappa shape index (κ3) is 5.21. The number of hydrogen-bond acceptors (Lipinski definition) is 2. The van der Waals surface area contributed by atoms with E-state index >= 15 is 0 Å². The fourth-order valence-electron chi connectivity index (χ4n) is 10.8. The molecule has 0 saturated carbocycles. The van der Waals surface area contributed by atoms with Crippen LogP contribution in [0.5, 0.6) is 0 Å². The van der Waals surface area contributed by atoms with Crippen LogP contribution in [-0.2, 0) is 25.7 Å². The fourth-order valence-corrected chi connectivity index (χ4v) is 13.5. The molecule has 8 aromatic carbocycles. The average molecular weight is 792 g/mol. The highest BCUT2D eigenvalue weighted by molar-refractivity contribution is 7.27. The van der Waals surface area contributed by atoms with Crippen LogP contribution < -0.4 is 0 Å². The Bertz CT molecular complexity index is 3290. The molecule has 0 unspecified atom stereocenters. The molecule has 0 bridgehead atoms. The summed E-state index contributed by atoms with van der Waals surface area (Å²) < 4.78 is 5.53. The van der Waals surface area contributed by atoms with Crippen molar-refractivity contribution in [2.24, 2.45) is 0 Å². The van der Waals surface area contributed by atoms with E-state index in [4.69, 9.17) is 0 Å². The van der Waals surface area contributed by atoms with Gasteiger partial charge in [-0.2, -0.15) is 0 Å². The average Bonchev–Trinajstić information content (AvgIpc) is 4.00.